The molecule has 9 heteroatoms. The molecule has 156 valence electrons. The van der Waals surface area contributed by atoms with Crippen molar-refractivity contribution in [3.05, 3.63) is 52.5 Å². The Morgan fingerprint density at radius 2 is 2.00 bits per heavy atom. The van der Waals surface area contributed by atoms with Crippen LogP contribution >= 0.6 is 23.2 Å². The highest BCUT2D eigenvalue weighted by molar-refractivity contribution is 6.42. The Balaban J connectivity index is 1.60. The highest BCUT2D eigenvalue weighted by Gasteiger charge is 2.40. The number of benzene rings is 2. The van der Waals surface area contributed by atoms with Gasteiger partial charge in [0.15, 0.2) is 0 Å². The van der Waals surface area contributed by atoms with Gasteiger partial charge in [-0.15, -0.1) is 0 Å². The smallest absolute Gasteiger partial charge is 0.253 e. The van der Waals surface area contributed by atoms with Crippen molar-refractivity contribution >= 4 is 57.7 Å². The second-order valence-corrected chi connectivity index (χ2v) is 7.82. The van der Waals surface area contributed by atoms with Crippen LogP contribution in [0, 0.1) is 0 Å². The van der Waals surface area contributed by atoms with Crippen LogP contribution in [-0.2, 0) is 14.3 Å². The standard InChI is InChI=1S/C21H20Cl2N4O3/c1-30-10-4-9-26-20(29)18(27-17-6-3-2-5-16(17)25-21(26)27)12-19(28)24-13-7-8-14(22)15(23)11-13/h2-3,5-8,11,18H,4,9-10,12H2,1H3,(H,24,28)/t18-/m0/s1. The molecule has 1 atom stereocenters. The average Bonchev–Trinajstić information content (AvgIpc) is 3.21. The number of hydrogen-bond donors (Lipinski definition) is 1. The number of aromatic nitrogens is 2. The molecule has 2 heterocycles. The topological polar surface area (TPSA) is 76.5 Å². The second-order valence-electron chi connectivity index (χ2n) is 7.00. The molecule has 4 rings (SSSR count). The van der Waals surface area contributed by atoms with Gasteiger partial charge >= 0.3 is 0 Å². The summed E-state index contributed by atoms with van der Waals surface area (Å²) in [6.45, 7) is 1.01. The minimum atomic E-state index is -0.669. The fourth-order valence-corrected chi connectivity index (χ4v) is 3.93. The number of nitrogens with one attached hydrogen (secondary N) is 1. The van der Waals surface area contributed by atoms with E-state index in [1.165, 1.54) is 0 Å². The van der Waals surface area contributed by atoms with Gasteiger partial charge in [0.1, 0.15) is 6.04 Å². The van der Waals surface area contributed by atoms with E-state index in [1.807, 2.05) is 28.8 Å². The number of para-hydroxylation sites is 2. The van der Waals surface area contributed by atoms with E-state index in [1.54, 1.807) is 30.2 Å². The third-order valence-electron chi connectivity index (χ3n) is 4.99. The fraction of sp³-hybridized carbons (Fsp3) is 0.286. The quantitative estimate of drug-likeness (QED) is 0.548. The predicted octanol–water partition coefficient (Wildman–Crippen LogP) is 4.30. The molecule has 30 heavy (non-hydrogen) atoms. The zero-order valence-corrected chi connectivity index (χ0v) is 17.8. The zero-order chi connectivity index (χ0) is 21.3. The molecule has 0 bridgehead atoms. The first-order chi connectivity index (χ1) is 14.5. The number of rotatable bonds is 7. The summed E-state index contributed by atoms with van der Waals surface area (Å²) in [7, 11) is 1.62. The van der Waals surface area contributed by atoms with Crippen LogP contribution in [0.2, 0.25) is 10.0 Å². The lowest BCUT2D eigenvalue weighted by Gasteiger charge is -2.15. The number of halogens is 2. The molecule has 2 aromatic carbocycles. The highest BCUT2D eigenvalue weighted by atomic mass is 35.5. The van der Waals surface area contributed by atoms with Crippen LogP contribution in [0.1, 0.15) is 18.9 Å². The molecule has 7 nitrogen and oxygen atoms in total. The number of amides is 2. The van der Waals surface area contributed by atoms with Gasteiger partial charge in [0, 0.05) is 25.9 Å². The van der Waals surface area contributed by atoms with Crippen LogP contribution in [-0.4, -0.2) is 41.6 Å². The molecule has 0 unspecified atom stereocenters. The van der Waals surface area contributed by atoms with Crippen LogP contribution in [0.15, 0.2) is 42.5 Å². The normalized spacial score (nSPS) is 15.6. The maximum Gasteiger partial charge on any atom is 0.253 e. The Hall–Kier alpha value is -2.61. The average molecular weight is 447 g/mol. The Bertz CT molecular complexity index is 1110. The van der Waals surface area contributed by atoms with Gasteiger partial charge < -0.3 is 10.1 Å². The summed E-state index contributed by atoms with van der Waals surface area (Å²) in [4.78, 5) is 32.2. The van der Waals surface area contributed by atoms with E-state index in [9.17, 15) is 9.59 Å². The minimum Gasteiger partial charge on any atom is -0.385 e. The Kier molecular flexibility index (Phi) is 5.94. The van der Waals surface area contributed by atoms with Crippen LogP contribution in [0.5, 0.6) is 0 Å². The van der Waals surface area contributed by atoms with Crippen molar-refractivity contribution in [2.45, 2.75) is 18.9 Å². The molecule has 1 N–H and O–H groups in total. The van der Waals surface area contributed by atoms with E-state index >= 15 is 0 Å². The monoisotopic (exact) mass is 446 g/mol. The first-order valence-corrected chi connectivity index (χ1v) is 10.3. The van der Waals surface area contributed by atoms with E-state index in [0.717, 1.165) is 11.0 Å². The van der Waals surface area contributed by atoms with Crippen LogP contribution in [0.4, 0.5) is 11.6 Å². The van der Waals surface area contributed by atoms with Crippen LogP contribution in [0.3, 0.4) is 0 Å². The van der Waals surface area contributed by atoms with Gasteiger partial charge in [-0.1, -0.05) is 35.3 Å². The van der Waals surface area contributed by atoms with Crippen LogP contribution in [0.25, 0.3) is 11.0 Å². The summed E-state index contributed by atoms with van der Waals surface area (Å²) < 4.78 is 6.96. The largest absolute Gasteiger partial charge is 0.385 e. The molecule has 3 aromatic rings. The Morgan fingerprint density at radius 1 is 1.20 bits per heavy atom. The molecular formula is C21H20Cl2N4O3. The van der Waals surface area contributed by atoms with E-state index in [-0.39, 0.29) is 18.2 Å². The maximum atomic E-state index is 13.2. The van der Waals surface area contributed by atoms with Gasteiger partial charge in [0.2, 0.25) is 11.9 Å². The molecule has 1 aliphatic rings. The van der Waals surface area contributed by atoms with Crippen molar-refractivity contribution in [3.63, 3.8) is 0 Å². The Labute approximate surface area is 183 Å². The molecule has 0 saturated carbocycles. The van der Waals surface area contributed by atoms with Gasteiger partial charge in [-0.05, 0) is 36.8 Å². The number of methoxy groups -OCH3 is 1. The summed E-state index contributed by atoms with van der Waals surface area (Å²) in [5, 5.41) is 3.54. The number of carbonyl (C=O) groups excluding carboxylic acids is 2. The highest BCUT2D eigenvalue weighted by Crippen LogP contribution is 2.36. The number of carbonyl (C=O) groups is 2. The molecule has 1 aliphatic heterocycles. The SMILES string of the molecule is COCCCN1C(=O)[C@H](CC(=O)Nc2ccc(Cl)c(Cl)c2)n2c1nc1ccccc12. The van der Waals surface area contributed by atoms with Crippen molar-refractivity contribution in [3.8, 4) is 0 Å². The summed E-state index contributed by atoms with van der Waals surface area (Å²) in [5.41, 5.74) is 2.13. The van der Waals surface area contributed by atoms with Gasteiger partial charge in [-0.2, -0.15) is 0 Å². The summed E-state index contributed by atoms with van der Waals surface area (Å²) >= 11 is 11.9. The lowest BCUT2D eigenvalue weighted by atomic mass is 10.1. The number of fused-ring (bicyclic) bond motifs is 3. The second kappa shape index (κ2) is 8.63. The summed E-state index contributed by atoms with van der Waals surface area (Å²) in [6, 6.07) is 11.8. The number of hydrogen-bond acceptors (Lipinski definition) is 4. The molecule has 0 saturated heterocycles. The van der Waals surface area contributed by atoms with E-state index in [0.29, 0.717) is 41.3 Å². The lowest BCUT2D eigenvalue weighted by molar-refractivity contribution is -0.124. The summed E-state index contributed by atoms with van der Waals surface area (Å²) in [5.74, 6) is 0.113. The first-order valence-electron chi connectivity index (χ1n) is 9.52. The van der Waals surface area contributed by atoms with Gasteiger partial charge in [0.05, 0.1) is 27.5 Å². The lowest BCUT2D eigenvalue weighted by Crippen LogP contribution is -2.32. The maximum absolute atomic E-state index is 13.2. The number of imidazole rings is 1. The molecular weight excluding hydrogens is 427 g/mol. The minimum absolute atomic E-state index is 0.0206. The Morgan fingerprint density at radius 3 is 2.77 bits per heavy atom. The van der Waals surface area contributed by atoms with Crippen molar-refractivity contribution in [1.82, 2.24) is 9.55 Å². The van der Waals surface area contributed by atoms with Gasteiger partial charge in [-0.3, -0.25) is 19.1 Å². The van der Waals surface area contributed by atoms with E-state index in [4.69, 9.17) is 27.9 Å². The van der Waals surface area contributed by atoms with E-state index < -0.39 is 6.04 Å². The predicted molar refractivity (Wildman–Crippen MR) is 117 cm³/mol. The van der Waals surface area contributed by atoms with Crippen molar-refractivity contribution < 1.29 is 14.3 Å². The first kappa shape index (κ1) is 20.7. The third kappa shape index (κ3) is 3.88. The molecule has 0 spiro atoms. The molecule has 0 aliphatic carbocycles. The van der Waals surface area contributed by atoms with Crippen molar-refractivity contribution in [2.24, 2.45) is 0 Å². The zero-order valence-electron chi connectivity index (χ0n) is 16.3. The van der Waals surface area contributed by atoms with Crippen molar-refractivity contribution in [1.29, 1.82) is 0 Å². The number of nitrogens with zero attached hydrogens (tertiary/aromatic N) is 3. The van der Waals surface area contributed by atoms with Gasteiger partial charge in [0.25, 0.3) is 5.91 Å². The molecule has 2 amide bonds. The molecule has 0 fully saturated rings. The van der Waals surface area contributed by atoms with Gasteiger partial charge in [-0.25, -0.2) is 4.98 Å². The van der Waals surface area contributed by atoms with Crippen molar-refractivity contribution in [2.75, 3.05) is 30.5 Å². The number of ether oxygens (including phenoxy) is 1. The van der Waals surface area contributed by atoms with E-state index in [2.05, 4.69) is 10.3 Å². The summed E-state index contributed by atoms with van der Waals surface area (Å²) in [6.07, 6.45) is 0.654. The fourth-order valence-electron chi connectivity index (χ4n) is 3.64. The molecule has 0 radical (unpaired) electrons. The third-order valence-corrected chi connectivity index (χ3v) is 5.73. The molecule has 1 aromatic heterocycles. The van der Waals surface area contributed by atoms with Crippen LogP contribution < -0.4 is 10.2 Å². The number of anilines is 2.